The minimum absolute atomic E-state index is 0.564. The van der Waals surface area contributed by atoms with E-state index in [-0.39, 0.29) is 0 Å². The Kier molecular flexibility index (Phi) is 8.19. The highest BCUT2D eigenvalue weighted by atomic mass is 16.3. The minimum Gasteiger partial charge on any atom is -0.455 e. The highest BCUT2D eigenvalue weighted by Crippen LogP contribution is 2.42. The normalized spacial score (nSPS) is 11.4. The van der Waals surface area contributed by atoms with E-state index >= 15 is 0 Å². The summed E-state index contributed by atoms with van der Waals surface area (Å²) < 4.78 is 8.72. The molecule has 266 valence electrons. The maximum absolute atomic E-state index is 6.48. The molecule has 3 heterocycles. The van der Waals surface area contributed by atoms with E-state index in [0.29, 0.717) is 17.6 Å². The van der Waals surface area contributed by atoms with E-state index in [9.17, 15) is 0 Å². The van der Waals surface area contributed by atoms with Crippen LogP contribution in [-0.4, -0.2) is 19.5 Å². The van der Waals surface area contributed by atoms with E-state index in [1.807, 2.05) is 86.6 Å². The summed E-state index contributed by atoms with van der Waals surface area (Å²) >= 11 is 0. The molecule has 3 aromatic heterocycles. The first-order chi connectivity index (χ1) is 27.8. The molecule has 0 bridgehead atoms. The lowest BCUT2D eigenvalue weighted by molar-refractivity contribution is 0.670. The average molecular weight is 721 g/mol. The Morgan fingerprint density at radius 3 is 1.71 bits per heavy atom. The van der Waals surface area contributed by atoms with Gasteiger partial charge in [-0.2, -0.15) is 9.97 Å². The van der Waals surface area contributed by atoms with E-state index in [0.717, 1.165) is 77.1 Å². The molecule has 0 N–H and O–H groups in total. The Labute approximate surface area is 324 Å². The molecule has 0 aliphatic carbocycles. The second-order valence-corrected chi connectivity index (χ2v) is 13.6. The van der Waals surface area contributed by atoms with E-state index in [1.165, 1.54) is 10.8 Å². The summed E-state index contributed by atoms with van der Waals surface area (Å²) in [6.07, 6.45) is 0. The molecule has 0 saturated carbocycles. The number of fused-ring (bicyclic) bond motifs is 8. The Balaban J connectivity index is 0.00000189. The summed E-state index contributed by atoms with van der Waals surface area (Å²) in [5, 5.41) is 6.89. The molecule has 0 amide bonds. The Hall–Kier alpha value is -7.37. The topological polar surface area (TPSA) is 56.7 Å². The lowest BCUT2D eigenvalue weighted by Crippen LogP contribution is -2.07. The molecular weight excluding hydrogens is 685 g/mol. The zero-order chi connectivity index (χ0) is 37.6. The first-order valence-corrected chi connectivity index (χ1v) is 19.1. The first-order valence-electron chi connectivity index (χ1n) is 19.1. The predicted molar refractivity (Wildman–Crippen MR) is 232 cm³/mol. The molecule has 0 spiro atoms. The summed E-state index contributed by atoms with van der Waals surface area (Å²) in [4.78, 5) is 15.5. The molecule has 0 unspecified atom stereocenters. The summed E-state index contributed by atoms with van der Waals surface area (Å²) in [7, 11) is 0. The van der Waals surface area contributed by atoms with Crippen LogP contribution >= 0.6 is 0 Å². The molecule has 8 aromatic carbocycles. The maximum atomic E-state index is 6.48. The van der Waals surface area contributed by atoms with Crippen molar-refractivity contribution in [1.82, 2.24) is 19.5 Å². The molecule has 11 rings (SSSR count). The van der Waals surface area contributed by atoms with Gasteiger partial charge >= 0.3 is 0 Å². The number of nitrogens with zero attached hydrogens (tertiary/aromatic N) is 4. The van der Waals surface area contributed by atoms with Crippen LogP contribution in [0.2, 0.25) is 0 Å². The summed E-state index contributed by atoms with van der Waals surface area (Å²) in [5.74, 6) is 1.80. The minimum atomic E-state index is 0.564. The zero-order valence-electron chi connectivity index (χ0n) is 31.0. The van der Waals surface area contributed by atoms with E-state index in [2.05, 4.69) is 114 Å². The van der Waals surface area contributed by atoms with Crippen molar-refractivity contribution in [1.29, 1.82) is 0 Å². The third-order valence-corrected chi connectivity index (χ3v) is 10.5. The van der Waals surface area contributed by atoms with Gasteiger partial charge in [-0.25, -0.2) is 4.98 Å². The van der Waals surface area contributed by atoms with Crippen molar-refractivity contribution in [3.05, 3.63) is 182 Å². The maximum Gasteiger partial charge on any atom is 0.238 e. The Bertz CT molecular complexity index is 3160. The van der Waals surface area contributed by atoms with Crippen LogP contribution in [0.4, 0.5) is 0 Å². The number of rotatable bonds is 5. The number of aromatic nitrogens is 4. The largest absolute Gasteiger partial charge is 0.455 e. The van der Waals surface area contributed by atoms with Gasteiger partial charge in [0.2, 0.25) is 5.95 Å². The third-order valence-electron chi connectivity index (χ3n) is 10.5. The van der Waals surface area contributed by atoms with Crippen LogP contribution in [0.25, 0.3) is 105 Å². The Morgan fingerprint density at radius 1 is 0.429 bits per heavy atom. The molecule has 0 aliphatic rings. The fourth-order valence-electron chi connectivity index (χ4n) is 8.00. The molecular formula is C51H36N4O. The lowest BCUT2D eigenvalue weighted by atomic mass is 9.96. The Morgan fingerprint density at radius 2 is 0.982 bits per heavy atom. The average Bonchev–Trinajstić information content (AvgIpc) is 3.84. The molecule has 0 radical (unpaired) electrons. The summed E-state index contributed by atoms with van der Waals surface area (Å²) in [5.41, 5.74) is 10.0. The summed E-state index contributed by atoms with van der Waals surface area (Å²) in [6.45, 7) is 4.00. The highest BCUT2D eigenvalue weighted by molar-refractivity contribution is 6.23. The van der Waals surface area contributed by atoms with Gasteiger partial charge in [-0.15, -0.1) is 0 Å². The smallest absolute Gasteiger partial charge is 0.238 e. The van der Waals surface area contributed by atoms with Gasteiger partial charge in [-0.05, 0) is 40.1 Å². The van der Waals surface area contributed by atoms with Crippen LogP contribution in [0, 0.1) is 0 Å². The predicted octanol–water partition coefficient (Wildman–Crippen LogP) is 13.7. The number of hydrogen-bond acceptors (Lipinski definition) is 4. The van der Waals surface area contributed by atoms with E-state index < -0.39 is 0 Å². The molecule has 5 heteroatoms. The van der Waals surface area contributed by atoms with Gasteiger partial charge in [0, 0.05) is 43.8 Å². The van der Waals surface area contributed by atoms with Gasteiger partial charge in [0.05, 0.1) is 11.0 Å². The van der Waals surface area contributed by atoms with Crippen LogP contribution in [0.5, 0.6) is 0 Å². The molecule has 0 aliphatic heterocycles. The van der Waals surface area contributed by atoms with Gasteiger partial charge in [-0.1, -0.05) is 178 Å². The van der Waals surface area contributed by atoms with Crippen LogP contribution in [0.1, 0.15) is 13.8 Å². The molecule has 56 heavy (non-hydrogen) atoms. The number of furan rings is 1. The van der Waals surface area contributed by atoms with Gasteiger partial charge < -0.3 is 4.42 Å². The van der Waals surface area contributed by atoms with Crippen molar-refractivity contribution in [2.45, 2.75) is 13.8 Å². The van der Waals surface area contributed by atoms with Crippen LogP contribution in [0.3, 0.4) is 0 Å². The number of benzene rings is 8. The molecule has 0 atom stereocenters. The van der Waals surface area contributed by atoms with Gasteiger partial charge in [0.1, 0.15) is 11.2 Å². The van der Waals surface area contributed by atoms with Gasteiger partial charge in [0.25, 0.3) is 0 Å². The lowest BCUT2D eigenvalue weighted by Gasteiger charge is -2.13. The van der Waals surface area contributed by atoms with Crippen molar-refractivity contribution in [3.63, 3.8) is 0 Å². The van der Waals surface area contributed by atoms with Gasteiger partial charge in [0.15, 0.2) is 11.6 Å². The van der Waals surface area contributed by atoms with Crippen LogP contribution in [0.15, 0.2) is 186 Å². The van der Waals surface area contributed by atoms with Crippen molar-refractivity contribution < 1.29 is 4.42 Å². The monoisotopic (exact) mass is 720 g/mol. The van der Waals surface area contributed by atoms with Gasteiger partial charge in [-0.3, -0.25) is 4.57 Å². The number of hydrogen-bond donors (Lipinski definition) is 0. The third kappa shape index (κ3) is 5.44. The van der Waals surface area contributed by atoms with Crippen molar-refractivity contribution in [2.75, 3.05) is 0 Å². The van der Waals surface area contributed by atoms with Crippen LogP contribution in [-0.2, 0) is 0 Å². The fourth-order valence-corrected chi connectivity index (χ4v) is 8.00. The standard InChI is InChI=1S/C49H30N4O.C2H6/c1-3-15-32(16-4-1)47-50-48(33-17-5-2-6-18-33)52-49(51-47)53-42-29-28-31-14-7-8-21-36(31)44(42)41-26-12-23-37(45(41)53)34-19-11-20-35(30-34)38-24-13-25-40-39-22-9-10-27-43(39)54-46(38)40;1-2/h1-30H;1-2H3. The first kappa shape index (κ1) is 33.2. The van der Waals surface area contributed by atoms with Crippen molar-refractivity contribution >= 4 is 54.5 Å². The summed E-state index contributed by atoms with van der Waals surface area (Å²) in [6, 6.07) is 63.3. The SMILES string of the molecule is CC.c1ccc(-c2nc(-c3ccccc3)nc(-n3c4ccc5ccccc5c4c4cccc(-c5cccc(-c6cccc7c6oc6ccccc67)c5)c43)n2)cc1. The fraction of sp³-hybridized carbons (Fsp3) is 0.0392. The molecule has 0 fully saturated rings. The molecule has 11 aromatic rings. The second kappa shape index (κ2) is 13.8. The van der Waals surface area contributed by atoms with Crippen molar-refractivity contribution in [3.8, 4) is 51.0 Å². The second-order valence-electron chi connectivity index (χ2n) is 13.6. The van der Waals surface area contributed by atoms with E-state index in [4.69, 9.17) is 19.4 Å². The van der Waals surface area contributed by atoms with E-state index in [1.54, 1.807) is 0 Å². The van der Waals surface area contributed by atoms with Crippen LogP contribution < -0.4 is 0 Å². The number of para-hydroxylation sites is 3. The zero-order valence-corrected chi connectivity index (χ0v) is 31.0. The molecule has 5 nitrogen and oxygen atoms in total. The highest BCUT2D eigenvalue weighted by Gasteiger charge is 2.22. The molecule has 0 saturated heterocycles. The quantitative estimate of drug-likeness (QED) is 0.178. The van der Waals surface area contributed by atoms with Crippen molar-refractivity contribution in [2.24, 2.45) is 0 Å².